The molecular formula is C23H21N3OS. The van der Waals surface area contributed by atoms with E-state index in [0.29, 0.717) is 5.69 Å². The second-order valence-electron chi connectivity index (χ2n) is 6.58. The first-order valence-corrected chi connectivity index (χ1v) is 9.94. The van der Waals surface area contributed by atoms with Gasteiger partial charge in [0.1, 0.15) is 5.69 Å². The minimum Gasteiger partial charge on any atom is -0.364 e. The van der Waals surface area contributed by atoms with E-state index in [-0.39, 0.29) is 0 Å². The number of carbonyl (C=O) groups is 1. The van der Waals surface area contributed by atoms with Gasteiger partial charge < -0.3 is 16.0 Å². The maximum absolute atomic E-state index is 12.0. The highest BCUT2D eigenvalue weighted by molar-refractivity contribution is 7.99. The maximum Gasteiger partial charge on any atom is 0.266 e. The summed E-state index contributed by atoms with van der Waals surface area (Å²) in [5.74, 6) is -0.446. The van der Waals surface area contributed by atoms with Gasteiger partial charge in [-0.15, -0.1) is 0 Å². The van der Waals surface area contributed by atoms with Crippen LogP contribution in [0.3, 0.4) is 0 Å². The van der Waals surface area contributed by atoms with Crippen molar-refractivity contribution in [3.05, 3.63) is 95.7 Å². The van der Waals surface area contributed by atoms with Crippen LogP contribution in [0.25, 0.3) is 10.9 Å². The monoisotopic (exact) mass is 387 g/mol. The van der Waals surface area contributed by atoms with Crippen molar-refractivity contribution in [3.63, 3.8) is 0 Å². The second-order valence-corrected chi connectivity index (χ2v) is 7.66. The molecule has 3 aromatic carbocycles. The number of aromatic nitrogens is 1. The Balaban J connectivity index is 1.60. The van der Waals surface area contributed by atoms with E-state index in [4.69, 9.17) is 5.73 Å². The van der Waals surface area contributed by atoms with E-state index in [1.807, 2.05) is 54.6 Å². The van der Waals surface area contributed by atoms with Crippen molar-refractivity contribution in [2.45, 2.75) is 22.9 Å². The lowest BCUT2D eigenvalue weighted by atomic mass is 10.1. The molecule has 0 unspecified atom stereocenters. The molecule has 28 heavy (non-hydrogen) atoms. The van der Waals surface area contributed by atoms with E-state index >= 15 is 0 Å². The molecule has 0 atom stereocenters. The number of hydrogen-bond donors (Lipinski definition) is 3. The minimum atomic E-state index is -0.446. The molecule has 4 rings (SSSR count). The van der Waals surface area contributed by atoms with Crippen molar-refractivity contribution in [2.75, 3.05) is 0 Å². The summed E-state index contributed by atoms with van der Waals surface area (Å²) in [7, 11) is 0. The van der Waals surface area contributed by atoms with Crippen LogP contribution in [0.15, 0.2) is 88.7 Å². The number of H-pyrrole nitrogens is 1. The van der Waals surface area contributed by atoms with Gasteiger partial charge in [-0.1, -0.05) is 66.4 Å². The molecule has 1 heterocycles. The Hall–Kier alpha value is -3.02. The molecule has 0 aliphatic heterocycles. The zero-order valence-corrected chi connectivity index (χ0v) is 16.1. The topological polar surface area (TPSA) is 70.9 Å². The number of carbonyl (C=O) groups excluding carboxylic acids is 1. The smallest absolute Gasteiger partial charge is 0.266 e. The van der Waals surface area contributed by atoms with E-state index in [0.717, 1.165) is 39.3 Å². The molecule has 0 saturated carbocycles. The Morgan fingerprint density at radius 2 is 1.57 bits per heavy atom. The molecule has 0 radical (unpaired) electrons. The summed E-state index contributed by atoms with van der Waals surface area (Å²) in [4.78, 5) is 17.1. The lowest BCUT2D eigenvalue weighted by Crippen LogP contribution is -2.12. The number of aromatic amines is 1. The molecule has 1 amide bonds. The summed E-state index contributed by atoms with van der Waals surface area (Å²) in [6.45, 7) is 1.56. The molecule has 1 aromatic heterocycles. The Morgan fingerprint density at radius 3 is 2.29 bits per heavy atom. The van der Waals surface area contributed by atoms with Gasteiger partial charge in [-0.25, -0.2) is 0 Å². The summed E-state index contributed by atoms with van der Waals surface area (Å²) >= 11 is 1.56. The van der Waals surface area contributed by atoms with E-state index in [1.165, 1.54) is 5.56 Å². The third-order valence-electron chi connectivity index (χ3n) is 4.53. The maximum atomic E-state index is 12.0. The van der Waals surface area contributed by atoms with Crippen LogP contribution in [0.4, 0.5) is 0 Å². The molecule has 0 bridgehead atoms. The first-order valence-electron chi connectivity index (χ1n) is 9.12. The van der Waals surface area contributed by atoms with Crippen LogP contribution < -0.4 is 11.1 Å². The first-order chi connectivity index (χ1) is 13.7. The average molecular weight is 388 g/mol. The Labute approximate surface area is 168 Å². The van der Waals surface area contributed by atoms with Crippen LogP contribution in [0.5, 0.6) is 0 Å². The molecule has 0 aliphatic carbocycles. The summed E-state index contributed by atoms with van der Waals surface area (Å²) < 4.78 is 0. The van der Waals surface area contributed by atoms with Crippen LogP contribution in [0.2, 0.25) is 0 Å². The Kier molecular flexibility index (Phi) is 5.46. The normalized spacial score (nSPS) is 11.0. The van der Waals surface area contributed by atoms with Gasteiger partial charge in [0, 0.05) is 28.9 Å². The zero-order chi connectivity index (χ0) is 19.3. The second kappa shape index (κ2) is 8.33. The fraction of sp³-hybridized carbons (Fsp3) is 0.0870. The van der Waals surface area contributed by atoms with Crippen molar-refractivity contribution >= 4 is 28.6 Å². The summed E-state index contributed by atoms with van der Waals surface area (Å²) in [5, 5.41) is 4.49. The molecule has 0 fully saturated rings. The van der Waals surface area contributed by atoms with E-state index in [2.05, 4.69) is 34.6 Å². The van der Waals surface area contributed by atoms with Crippen molar-refractivity contribution in [3.8, 4) is 0 Å². The number of amides is 1. The lowest BCUT2D eigenvalue weighted by Gasteiger charge is -2.07. The third kappa shape index (κ3) is 4.11. The standard InChI is InChI=1S/C23H21N3OS/c24-23(27)21-22(28-18-9-5-2-6-10-18)19-13-17(11-12-20(19)26-21)15-25-14-16-7-3-1-4-8-16/h1-13,25-26H,14-15H2,(H2,24,27). The highest BCUT2D eigenvalue weighted by atomic mass is 32.2. The molecule has 4 N–H and O–H groups in total. The van der Waals surface area contributed by atoms with E-state index < -0.39 is 5.91 Å². The summed E-state index contributed by atoms with van der Waals surface area (Å²) in [6, 6.07) is 26.5. The fourth-order valence-corrected chi connectivity index (χ4v) is 4.22. The molecule has 140 valence electrons. The van der Waals surface area contributed by atoms with Crippen LogP contribution in [0.1, 0.15) is 21.6 Å². The predicted octanol–water partition coefficient (Wildman–Crippen LogP) is 4.71. The molecule has 4 aromatic rings. The Morgan fingerprint density at radius 1 is 0.893 bits per heavy atom. The van der Waals surface area contributed by atoms with Gasteiger partial charge in [-0.3, -0.25) is 4.79 Å². The number of primary amides is 1. The number of rotatable bonds is 7. The Bertz CT molecular complexity index is 1090. The van der Waals surface area contributed by atoms with Crippen LogP contribution in [-0.4, -0.2) is 10.9 Å². The minimum absolute atomic E-state index is 0.446. The number of benzene rings is 3. The van der Waals surface area contributed by atoms with Gasteiger partial charge in [0.15, 0.2) is 0 Å². The van der Waals surface area contributed by atoms with E-state index in [9.17, 15) is 4.79 Å². The van der Waals surface area contributed by atoms with Crippen LogP contribution >= 0.6 is 11.8 Å². The SMILES string of the molecule is NC(=O)c1[nH]c2ccc(CNCc3ccccc3)cc2c1Sc1ccccc1. The number of nitrogens with one attached hydrogen (secondary N) is 2. The highest BCUT2D eigenvalue weighted by Gasteiger charge is 2.17. The highest BCUT2D eigenvalue weighted by Crippen LogP contribution is 2.37. The van der Waals surface area contributed by atoms with Crippen molar-refractivity contribution in [2.24, 2.45) is 5.73 Å². The van der Waals surface area contributed by atoms with Gasteiger partial charge >= 0.3 is 0 Å². The number of fused-ring (bicyclic) bond motifs is 1. The molecular weight excluding hydrogens is 366 g/mol. The van der Waals surface area contributed by atoms with Crippen LogP contribution in [-0.2, 0) is 13.1 Å². The quantitative estimate of drug-likeness (QED) is 0.430. The van der Waals surface area contributed by atoms with Crippen molar-refractivity contribution in [1.82, 2.24) is 10.3 Å². The molecule has 4 nitrogen and oxygen atoms in total. The number of nitrogens with two attached hydrogens (primary N) is 1. The van der Waals surface area contributed by atoms with Gasteiger partial charge in [0.25, 0.3) is 5.91 Å². The zero-order valence-electron chi connectivity index (χ0n) is 15.3. The molecule has 0 saturated heterocycles. The summed E-state index contributed by atoms with van der Waals surface area (Å²) in [5.41, 5.74) is 9.40. The van der Waals surface area contributed by atoms with Gasteiger partial charge in [0.05, 0.1) is 4.90 Å². The van der Waals surface area contributed by atoms with Crippen molar-refractivity contribution < 1.29 is 4.79 Å². The molecule has 0 aliphatic rings. The van der Waals surface area contributed by atoms with Gasteiger partial charge in [-0.2, -0.15) is 0 Å². The number of hydrogen-bond acceptors (Lipinski definition) is 3. The van der Waals surface area contributed by atoms with E-state index in [1.54, 1.807) is 11.8 Å². The molecule has 5 heteroatoms. The van der Waals surface area contributed by atoms with Crippen LogP contribution in [0, 0.1) is 0 Å². The average Bonchev–Trinajstić information content (AvgIpc) is 3.08. The third-order valence-corrected chi connectivity index (χ3v) is 5.66. The first kappa shape index (κ1) is 18.3. The summed E-state index contributed by atoms with van der Waals surface area (Å²) in [6.07, 6.45) is 0. The predicted molar refractivity (Wildman–Crippen MR) is 114 cm³/mol. The lowest BCUT2D eigenvalue weighted by molar-refractivity contribution is 0.0993. The fourth-order valence-electron chi connectivity index (χ4n) is 3.16. The van der Waals surface area contributed by atoms with Gasteiger partial charge in [-0.05, 0) is 35.4 Å². The largest absolute Gasteiger partial charge is 0.364 e. The molecule has 0 spiro atoms. The van der Waals surface area contributed by atoms with Gasteiger partial charge in [0.2, 0.25) is 0 Å². The van der Waals surface area contributed by atoms with Crippen molar-refractivity contribution in [1.29, 1.82) is 0 Å².